The Morgan fingerprint density at radius 2 is 1.82 bits per heavy atom. The molecule has 0 fully saturated rings. The van der Waals surface area contributed by atoms with E-state index < -0.39 is 4.92 Å². The zero-order valence-electron chi connectivity index (χ0n) is 8.76. The quantitative estimate of drug-likeness (QED) is 0.502. The molecule has 0 aliphatic heterocycles. The second kappa shape index (κ2) is 4.43. The van der Waals surface area contributed by atoms with E-state index in [4.69, 9.17) is 17.3 Å². The Labute approximate surface area is 103 Å². The number of para-hydroxylation sites is 1. The number of halogens is 1. The van der Waals surface area contributed by atoms with Crippen LogP contribution in [0.25, 0.3) is 11.1 Å². The highest BCUT2D eigenvalue weighted by molar-refractivity contribution is 6.33. The van der Waals surface area contributed by atoms with E-state index in [1.165, 1.54) is 12.1 Å². The summed E-state index contributed by atoms with van der Waals surface area (Å²) in [6.45, 7) is 0. The number of hydrogen-bond donors (Lipinski definition) is 1. The van der Waals surface area contributed by atoms with Crippen LogP contribution in [0.2, 0.25) is 5.02 Å². The second-order valence-electron chi connectivity index (χ2n) is 3.51. The lowest BCUT2D eigenvalue weighted by molar-refractivity contribution is -0.384. The molecule has 0 saturated carbocycles. The van der Waals surface area contributed by atoms with Crippen LogP contribution in [-0.2, 0) is 0 Å². The first-order valence-corrected chi connectivity index (χ1v) is 5.26. The highest BCUT2D eigenvalue weighted by atomic mass is 35.5. The van der Waals surface area contributed by atoms with Gasteiger partial charge in [-0.15, -0.1) is 0 Å². The Morgan fingerprint density at radius 3 is 2.41 bits per heavy atom. The van der Waals surface area contributed by atoms with Crippen molar-refractivity contribution >= 4 is 23.0 Å². The standard InChI is InChI=1S/C12H9ClN2O2/c13-11-7-8(15(16)17)5-6-9(11)10-3-1-2-4-12(10)14/h1-7H,14H2. The van der Waals surface area contributed by atoms with Crippen LogP contribution >= 0.6 is 11.6 Å². The Morgan fingerprint density at radius 1 is 1.12 bits per heavy atom. The van der Waals surface area contributed by atoms with Gasteiger partial charge in [0.1, 0.15) is 0 Å². The first-order valence-electron chi connectivity index (χ1n) is 4.88. The number of rotatable bonds is 2. The molecule has 0 spiro atoms. The largest absolute Gasteiger partial charge is 0.398 e. The molecule has 4 nitrogen and oxygen atoms in total. The van der Waals surface area contributed by atoms with Crippen LogP contribution in [-0.4, -0.2) is 4.92 Å². The number of benzene rings is 2. The fourth-order valence-corrected chi connectivity index (χ4v) is 1.85. The summed E-state index contributed by atoms with van der Waals surface area (Å²) in [5.41, 5.74) is 7.84. The monoisotopic (exact) mass is 248 g/mol. The van der Waals surface area contributed by atoms with Crippen LogP contribution in [0.15, 0.2) is 42.5 Å². The van der Waals surface area contributed by atoms with Crippen LogP contribution in [0.1, 0.15) is 0 Å². The van der Waals surface area contributed by atoms with Gasteiger partial charge in [-0.3, -0.25) is 10.1 Å². The Balaban J connectivity index is 2.55. The zero-order chi connectivity index (χ0) is 12.4. The summed E-state index contributed by atoms with van der Waals surface area (Å²) in [7, 11) is 0. The number of nitrogen functional groups attached to an aromatic ring is 1. The SMILES string of the molecule is Nc1ccccc1-c1ccc([N+](=O)[O-])cc1Cl. The number of nitro benzene ring substituents is 1. The molecule has 2 aromatic carbocycles. The molecule has 0 heterocycles. The van der Waals surface area contributed by atoms with Crippen molar-refractivity contribution in [2.75, 3.05) is 5.73 Å². The molecule has 0 aliphatic carbocycles. The van der Waals surface area contributed by atoms with E-state index in [9.17, 15) is 10.1 Å². The topological polar surface area (TPSA) is 69.2 Å². The molecule has 0 atom stereocenters. The van der Waals surface area contributed by atoms with Crippen molar-refractivity contribution in [3.63, 3.8) is 0 Å². The van der Waals surface area contributed by atoms with E-state index in [2.05, 4.69) is 0 Å². The first kappa shape index (κ1) is 11.4. The van der Waals surface area contributed by atoms with Gasteiger partial charge in [0.05, 0.1) is 9.95 Å². The summed E-state index contributed by atoms with van der Waals surface area (Å²) in [6, 6.07) is 11.6. The predicted molar refractivity (Wildman–Crippen MR) is 68.0 cm³/mol. The van der Waals surface area contributed by atoms with Gasteiger partial charge in [-0.05, 0) is 12.1 Å². The summed E-state index contributed by atoms with van der Waals surface area (Å²) in [5, 5.41) is 10.9. The minimum atomic E-state index is -0.482. The van der Waals surface area contributed by atoms with E-state index >= 15 is 0 Å². The van der Waals surface area contributed by atoms with Crippen LogP contribution in [0.5, 0.6) is 0 Å². The molecule has 0 aromatic heterocycles. The predicted octanol–water partition coefficient (Wildman–Crippen LogP) is 3.50. The summed E-state index contributed by atoms with van der Waals surface area (Å²) in [4.78, 5) is 10.1. The smallest absolute Gasteiger partial charge is 0.270 e. The number of nitrogens with two attached hydrogens (primary N) is 1. The molecule has 0 amide bonds. The van der Waals surface area contributed by atoms with E-state index in [1.807, 2.05) is 18.2 Å². The minimum Gasteiger partial charge on any atom is -0.398 e. The molecule has 0 saturated heterocycles. The average Bonchev–Trinajstić information content (AvgIpc) is 2.30. The molecule has 86 valence electrons. The zero-order valence-corrected chi connectivity index (χ0v) is 9.52. The van der Waals surface area contributed by atoms with Gasteiger partial charge in [0, 0.05) is 28.9 Å². The van der Waals surface area contributed by atoms with Gasteiger partial charge in [-0.2, -0.15) is 0 Å². The number of hydrogen-bond acceptors (Lipinski definition) is 3. The average molecular weight is 249 g/mol. The third-order valence-electron chi connectivity index (χ3n) is 2.41. The molecule has 0 unspecified atom stereocenters. The summed E-state index contributed by atoms with van der Waals surface area (Å²) in [6.07, 6.45) is 0. The lowest BCUT2D eigenvalue weighted by Gasteiger charge is -2.07. The van der Waals surface area contributed by atoms with Gasteiger partial charge < -0.3 is 5.73 Å². The van der Waals surface area contributed by atoms with Crippen molar-refractivity contribution < 1.29 is 4.92 Å². The van der Waals surface area contributed by atoms with Gasteiger partial charge >= 0.3 is 0 Å². The third kappa shape index (κ3) is 2.21. The third-order valence-corrected chi connectivity index (χ3v) is 2.73. The molecule has 2 aromatic rings. The van der Waals surface area contributed by atoms with Crippen LogP contribution < -0.4 is 5.73 Å². The molecular weight excluding hydrogens is 240 g/mol. The molecule has 0 bridgehead atoms. The maximum Gasteiger partial charge on any atom is 0.270 e. The second-order valence-corrected chi connectivity index (χ2v) is 3.92. The molecule has 5 heteroatoms. The van der Waals surface area contributed by atoms with Crippen molar-refractivity contribution in [1.82, 2.24) is 0 Å². The van der Waals surface area contributed by atoms with Gasteiger partial charge in [0.25, 0.3) is 5.69 Å². The fourth-order valence-electron chi connectivity index (χ4n) is 1.58. The van der Waals surface area contributed by atoms with Crippen molar-refractivity contribution in [2.24, 2.45) is 0 Å². The molecule has 17 heavy (non-hydrogen) atoms. The summed E-state index contributed by atoms with van der Waals surface area (Å²) >= 11 is 6.02. The Hall–Kier alpha value is -2.07. The van der Waals surface area contributed by atoms with Crippen molar-refractivity contribution in [3.8, 4) is 11.1 Å². The normalized spacial score (nSPS) is 10.2. The highest BCUT2D eigenvalue weighted by Gasteiger charge is 2.11. The van der Waals surface area contributed by atoms with E-state index in [0.29, 0.717) is 16.3 Å². The summed E-state index contributed by atoms with van der Waals surface area (Å²) in [5.74, 6) is 0. The maximum absolute atomic E-state index is 10.6. The van der Waals surface area contributed by atoms with E-state index in [0.717, 1.165) is 5.56 Å². The van der Waals surface area contributed by atoms with Gasteiger partial charge in [-0.1, -0.05) is 29.8 Å². The van der Waals surface area contributed by atoms with Gasteiger partial charge in [0.15, 0.2) is 0 Å². The van der Waals surface area contributed by atoms with Crippen molar-refractivity contribution in [2.45, 2.75) is 0 Å². The van der Waals surface area contributed by atoms with Gasteiger partial charge in [-0.25, -0.2) is 0 Å². The number of anilines is 1. The minimum absolute atomic E-state index is 0.0340. The van der Waals surface area contributed by atoms with E-state index in [-0.39, 0.29) is 5.69 Å². The van der Waals surface area contributed by atoms with Crippen molar-refractivity contribution in [1.29, 1.82) is 0 Å². The van der Waals surface area contributed by atoms with Crippen LogP contribution in [0, 0.1) is 10.1 Å². The van der Waals surface area contributed by atoms with Crippen LogP contribution in [0.4, 0.5) is 11.4 Å². The molecule has 2 N–H and O–H groups in total. The van der Waals surface area contributed by atoms with Crippen molar-refractivity contribution in [3.05, 3.63) is 57.6 Å². The molecular formula is C12H9ClN2O2. The first-order chi connectivity index (χ1) is 8.09. The van der Waals surface area contributed by atoms with E-state index in [1.54, 1.807) is 12.1 Å². The lowest BCUT2D eigenvalue weighted by Crippen LogP contribution is -1.92. The summed E-state index contributed by atoms with van der Waals surface area (Å²) < 4.78 is 0. The molecule has 2 rings (SSSR count). The number of nitro groups is 1. The fraction of sp³-hybridized carbons (Fsp3) is 0. The number of non-ortho nitro benzene ring substituents is 1. The highest BCUT2D eigenvalue weighted by Crippen LogP contribution is 2.33. The molecule has 0 aliphatic rings. The Bertz CT molecular complexity index is 584. The number of nitrogens with zero attached hydrogens (tertiary/aromatic N) is 1. The lowest BCUT2D eigenvalue weighted by atomic mass is 10.0. The Kier molecular flexibility index (Phi) is 2.97. The molecule has 0 radical (unpaired) electrons. The van der Waals surface area contributed by atoms with Crippen LogP contribution in [0.3, 0.4) is 0 Å². The van der Waals surface area contributed by atoms with Gasteiger partial charge in [0.2, 0.25) is 0 Å². The maximum atomic E-state index is 10.6.